The number of sulfone groups is 1. The molecule has 0 heterocycles. The summed E-state index contributed by atoms with van der Waals surface area (Å²) in [5.41, 5.74) is -0.135. The fourth-order valence-electron chi connectivity index (χ4n) is 3.80. The van der Waals surface area contributed by atoms with Gasteiger partial charge in [-0.3, -0.25) is 0 Å². The summed E-state index contributed by atoms with van der Waals surface area (Å²) in [6.45, 7) is 3.96. The van der Waals surface area contributed by atoms with Gasteiger partial charge in [0.2, 0.25) is 0 Å². The number of ether oxygens (including phenoxy) is 1. The van der Waals surface area contributed by atoms with Gasteiger partial charge in [-0.05, 0) is 68.1 Å². The van der Waals surface area contributed by atoms with Gasteiger partial charge in [0.05, 0.1) is 17.6 Å². The molecule has 1 fully saturated rings. The summed E-state index contributed by atoms with van der Waals surface area (Å²) in [5.74, 6) is -1.41. The zero-order valence-electron chi connectivity index (χ0n) is 15.2. The predicted molar refractivity (Wildman–Crippen MR) is 105 cm³/mol. The molecule has 3 rings (SSSR count). The molecule has 1 aliphatic carbocycles. The van der Waals surface area contributed by atoms with Crippen LogP contribution in [0.1, 0.15) is 31.2 Å². The highest BCUT2D eigenvalue weighted by molar-refractivity contribution is 7.92. The molecule has 0 radical (unpaired) electrons. The Balaban J connectivity index is 2.09. The molecule has 28 heavy (non-hydrogen) atoms. The molecule has 0 saturated heterocycles. The summed E-state index contributed by atoms with van der Waals surface area (Å²) >= 11 is 5.88. The second-order valence-electron chi connectivity index (χ2n) is 6.90. The van der Waals surface area contributed by atoms with Gasteiger partial charge in [-0.2, -0.15) is 0 Å². The lowest BCUT2D eigenvalue weighted by atomic mass is 9.81. The van der Waals surface area contributed by atoms with E-state index in [0.717, 1.165) is 18.2 Å². The van der Waals surface area contributed by atoms with Crippen LogP contribution in [0.5, 0.6) is 0 Å². The van der Waals surface area contributed by atoms with Crippen LogP contribution >= 0.6 is 11.6 Å². The van der Waals surface area contributed by atoms with Crippen LogP contribution in [0.15, 0.2) is 60.0 Å². The number of rotatable bonds is 6. The SMILES string of the molecule is C=CCO[C@H]1CC[C@@](c2cc(F)ccc2F)(S(=O)(=O)c2ccc(Cl)cc2)CC1. The summed E-state index contributed by atoms with van der Waals surface area (Å²) in [5, 5.41) is 0.395. The lowest BCUT2D eigenvalue weighted by Crippen LogP contribution is -2.42. The van der Waals surface area contributed by atoms with E-state index in [2.05, 4.69) is 6.58 Å². The first-order valence-electron chi connectivity index (χ1n) is 8.98. The first kappa shape index (κ1) is 21.0. The van der Waals surface area contributed by atoms with Crippen molar-refractivity contribution in [3.63, 3.8) is 0 Å². The van der Waals surface area contributed by atoms with E-state index in [1.807, 2.05) is 0 Å². The first-order valence-corrected chi connectivity index (χ1v) is 10.8. The topological polar surface area (TPSA) is 43.4 Å². The molecule has 0 spiro atoms. The summed E-state index contributed by atoms with van der Waals surface area (Å²) in [4.78, 5) is 0.0334. The molecule has 0 atom stereocenters. The van der Waals surface area contributed by atoms with Crippen molar-refractivity contribution in [2.75, 3.05) is 6.61 Å². The highest BCUT2D eigenvalue weighted by Gasteiger charge is 2.50. The molecule has 1 aliphatic rings. The molecule has 7 heteroatoms. The second-order valence-corrected chi connectivity index (χ2v) is 9.59. The molecule has 2 aromatic carbocycles. The van der Waals surface area contributed by atoms with E-state index in [1.165, 1.54) is 24.3 Å². The molecular weight excluding hydrogens is 406 g/mol. The number of halogens is 3. The minimum atomic E-state index is -4.02. The minimum Gasteiger partial charge on any atom is -0.374 e. The van der Waals surface area contributed by atoms with Crippen molar-refractivity contribution in [3.05, 3.63) is 77.3 Å². The monoisotopic (exact) mass is 426 g/mol. The fourth-order valence-corrected chi connectivity index (χ4v) is 6.09. The third kappa shape index (κ3) is 3.86. The van der Waals surface area contributed by atoms with Crippen LogP contribution in [0.25, 0.3) is 0 Å². The van der Waals surface area contributed by atoms with E-state index in [0.29, 0.717) is 24.5 Å². The molecular formula is C21H21ClF2O3S. The van der Waals surface area contributed by atoms with E-state index < -0.39 is 26.2 Å². The molecule has 0 aliphatic heterocycles. The summed E-state index contributed by atoms with van der Waals surface area (Å²) < 4.78 is 60.0. The van der Waals surface area contributed by atoms with Crippen LogP contribution in [-0.4, -0.2) is 21.1 Å². The normalized spacial score (nSPS) is 22.8. The molecule has 0 unspecified atom stereocenters. The lowest BCUT2D eigenvalue weighted by Gasteiger charge is -2.40. The van der Waals surface area contributed by atoms with Crippen LogP contribution < -0.4 is 0 Å². The minimum absolute atomic E-state index is 0.0334. The van der Waals surface area contributed by atoms with Gasteiger partial charge in [0.25, 0.3) is 0 Å². The van der Waals surface area contributed by atoms with Crippen LogP contribution in [0.3, 0.4) is 0 Å². The van der Waals surface area contributed by atoms with Crippen LogP contribution in [0.2, 0.25) is 5.02 Å². The average molecular weight is 427 g/mol. The maximum atomic E-state index is 14.7. The molecule has 0 bridgehead atoms. The predicted octanol–water partition coefficient (Wildman–Crippen LogP) is 5.43. The molecule has 3 nitrogen and oxygen atoms in total. The van der Waals surface area contributed by atoms with Gasteiger partial charge < -0.3 is 4.74 Å². The van der Waals surface area contributed by atoms with E-state index in [-0.39, 0.29) is 29.4 Å². The van der Waals surface area contributed by atoms with E-state index in [1.54, 1.807) is 6.08 Å². The van der Waals surface area contributed by atoms with Gasteiger partial charge in [-0.1, -0.05) is 17.7 Å². The van der Waals surface area contributed by atoms with Crippen molar-refractivity contribution >= 4 is 21.4 Å². The van der Waals surface area contributed by atoms with Crippen LogP contribution in [0.4, 0.5) is 8.78 Å². The first-order chi connectivity index (χ1) is 13.3. The Morgan fingerprint density at radius 1 is 1.14 bits per heavy atom. The number of benzene rings is 2. The quantitative estimate of drug-likeness (QED) is 0.578. The second kappa shape index (κ2) is 8.31. The smallest absolute Gasteiger partial charge is 0.188 e. The molecule has 0 aromatic heterocycles. The van der Waals surface area contributed by atoms with E-state index in [4.69, 9.17) is 16.3 Å². The number of hydrogen-bond donors (Lipinski definition) is 0. The summed E-state index contributed by atoms with van der Waals surface area (Å²) in [6, 6.07) is 8.71. The zero-order valence-corrected chi connectivity index (χ0v) is 16.8. The maximum Gasteiger partial charge on any atom is 0.188 e. The molecule has 150 valence electrons. The molecule has 2 aromatic rings. The Bertz CT molecular complexity index is 950. The van der Waals surface area contributed by atoms with Crippen molar-refractivity contribution in [1.29, 1.82) is 0 Å². The lowest BCUT2D eigenvalue weighted by molar-refractivity contribution is 0.0376. The van der Waals surface area contributed by atoms with Gasteiger partial charge in [0, 0.05) is 10.6 Å². The van der Waals surface area contributed by atoms with Gasteiger partial charge in [0.1, 0.15) is 16.4 Å². The number of hydrogen-bond acceptors (Lipinski definition) is 3. The van der Waals surface area contributed by atoms with Gasteiger partial charge in [-0.25, -0.2) is 17.2 Å². The summed E-state index contributed by atoms with van der Waals surface area (Å²) in [6.07, 6.45) is 2.55. The highest BCUT2D eigenvalue weighted by Crippen LogP contribution is 2.48. The average Bonchev–Trinajstić information content (AvgIpc) is 2.69. The fraction of sp³-hybridized carbons (Fsp3) is 0.333. The Hall–Kier alpha value is -1.76. The van der Waals surface area contributed by atoms with Crippen molar-refractivity contribution < 1.29 is 21.9 Å². The highest BCUT2D eigenvalue weighted by atomic mass is 35.5. The molecule has 0 amide bonds. The van der Waals surface area contributed by atoms with Gasteiger partial charge in [0.15, 0.2) is 9.84 Å². The third-order valence-corrected chi connectivity index (χ3v) is 8.05. The third-order valence-electron chi connectivity index (χ3n) is 5.25. The van der Waals surface area contributed by atoms with Gasteiger partial charge in [-0.15, -0.1) is 6.58 Å². The Labute approximate surface area is 168 Å². The largest absolute Gasteiger partial charge is 0.374 e. The molecule has 0 N–H and O–H groups in total. The standard InChI is InChI=1S/C21H21ClF2O3S/c1-2-13-27-17-9-11-21(12-10-17,19-14-16(23)5-8-20(19)24)28(25,26)18-6-3-15(22)4-7-18/h2-8,14,17H,1,9-13H2/t17-,21+. The Morgan fingerprint density at radius 2 is 1.79 bits per heavy atom. The van der Waals surface area contributed by atoms with Gasteiger partial charge >= 0.3 is 0 Å². The Morgan fingerprint density at radius 3 is 2.39 bits per heavy atom. The van der Waals surface area contributed by atoms with Crippen LogP contribution in [0, 0.1) is 11.6 Å². The van der Waals surface area contributed by atoms with Crippen molar-refractivity contribution in [3.8, 4) is 0 Å². The van der Waals surface area contributed by atoms with Crippen molar-refractivity contribution in [2.45, 2.75) is 41.4 Å². The van der Waals surface area contributed by atoms with E-state index in [9.17, 15) is 17.2 Å². The maximum absolute atomic E-state index is 14.7. The Kier molecular flexibility index (Phi) is 6.22. The van der Waals surface area contributed by atoms with E-state index >= 15 is 0 Å². The molecule has 1 saturated carbocycles. The van der Waals surface area contributed by atoms with Crippen molar-refractivity contribution in [2.24, 2.45) is 0 Å². The van der Waals surface area contributed by atoms with Crippen molar-refractivity contribution in [1.82, 2.24) is 0 Å². The summed E-state index contributed by atoms with van der Waals surface area (Å²) in [7, 11) is -4.02. The van der Waals surface area contributed by atoms with Crippen LogP contribution in [-0.2, 0) is 19.3 Å². The zero-order chi connectivity index (χ0) is 20.4.